The van der Waals surface area contributed by atoms with Crippen LogP contribution in [0.15, 0.2) is 5.38 Å². The Bertz CT molecular complexity index is 367. The highest BCUT2D eigenvalue weighted by molar-refractivity contribution is 7.03. The van der Waals surface area contributed by atoms with E-state index < -0.39 is 0 Å². The maximum absolute atomic E-state index is 11.7. The number of aromatic nitrogens is 2. The van der Waals surface area contributed by atoms with Crippen molar-refractivity contribution < 1.29 is 9.53 Å². The quantitative estimate of drug-likeness (QED) is 0.881. The van der Waals surface area contributed by atoms with Gasteiger partial charge in [0.2, 0.25) is 0 Å². The number of ether oxygens (including phenoxy) is 1. The molecule has 6 heteroatoms. The molecule has 1 N–H and O–H groups in total. The minimum absolute atomic E-state index is 0.145. The Kier molecular flexibility index (Phi) is 4.06. The largest absolute Gasteiger partial charge is 0.378 e. The zero-order valence-electron chi connectivity index (χ0n) is 10.0. The lowest BCUT2D eigenvalue weighted by Gasteiger charge is -2.21. The van der Waals surface area contributed by atoms with Gasteiger partial charge in [-0.1, -0.05) is 18.3 Å². The van der Waals surface area contributed by atoms with Gasteiger partial charge in [-0.25, -0.2) is 0 Å². The van der Waals surface area contributed by atoms with Crippen LogP contribution in [0.3, 0.4) is 0 Å². The third kappa shape index (κ3) is 3.01. The average Bonchev–Trinajstić information content (AvgIpc) is 2.96. The van der Waals surface area contributed by atoms with Gasteiger partial charge in [-0.2, -0.15) is 0 Å². The van der Waals surface area contributed by atoms with Gasteiger partial charge in [0.25, 0.3) is 5.91 Å². The van der Waals surface area contributed by atoms with Gasteiger partial charge in [-0.15, -0.1) is 5.10 Å². The van der Waals surface area contributed by atoms with E-state index in [0.717, 1.165) is 13.0 Å². The first kappa shape index (κ1) is 12.4. The van der Waals surface area contributed by atoms with Crippen LogP contribution in [0.1, 0.15) is 30.8 Å². The SMILES string of the molecule is CC(C)[C@H]1OCC[C@@H]1CNC(=O)c1csnn1. The molecule has 2 atom stereocenters. The molecule has 17 heavy (non-hydrogen) atoms. The monoisotopic (exact) mass is 255 g/mol. The van der Waals surface area contributed by atoms with Crippen LogP contribution in [0.2, 0.25) is 0 Å². The molecule has 1 aromatic rings. The fourth-order valence-corrected chi connectivity index (χ4v) is 2.63. The molecule has 94 valence electrons. The third-order valence-corrected chi connectivity index (χ3v) is 3.54. The lowest BCUT2D eigenvalue weighted by Crippen LogP contribution is -2.35. The minimum atomic E-state index is -0.145. The molecule has 0 aliphatic carbocycles. The second kappa shape index (κ2) is 5.55. The summed E-state index contributed by atoms with van der Waals surface area (Å²) in [6.07, 6.45) is 1.27. The van der Waals surface area contributed by atoms with E-state index in [1.165, 1.54) is 11.5 Å². The molecule has 2 rings (SSSR count). The van der Waals surface area contributed by atoms with Crippen LogP contribution < -0.4 is 5.32 Å². The summed E-state index contributed by atoms with van der Waals surface area (Å²) in [5.74, 6) is 0.749. The summed E-state index contributed by atoms with van der Waals surface area (Å²) < 4.78 is 9.35. The zero-order chi connectivity index (χ0) is 12.3. The van der Waals surface area contributed by atoms with Crippen LogP contribution in [0.25, 0.3) is 0 Å². The van der Waals surface area contributed by atoms with E-state index in [1.54, 1.807) is 5.38 Å². The predicted octanol–water partition coefficient (Wildman–Crippen LogP) is 1.33. The Labute approximate surface area is 105 Å². The first-order chi connectivity index (χ1) is 8.18. The average molecular weight is 255 g/mol. The van der Waals surface area contributed by atoms with Crippen molar-refractivity contribution in [2.24, 2.45) is 11.8 Å². The van der Waals surface area contributed by atoms with Crippen molar-refractivity contribution in [2.75, 3.05) is 13.2 Å². The fraction of sp³-hybridized carbons (Fsp3) is 0.727. The summed E-state index contributed by atoms with van der Waals surface area (Å²) in [6.45, 7) is 5.74. The summed E-state index contributed by atoms with van der Waals surface area (Å²) in [6, 6.07) is 0. The van der Waals surface area contributed by atoms with Crippen molar-refractivity contribution >= 4 is 17.4 Å². The number of rotatable bonds is 4. The summed E-state index contributed by atoms with van der Waals surface area (Å²) in [4.78, 5) is 11.7. The van der Waals surface area contributed by atoms with Crippen LogP contribution in [0.5, 0.6) is 0 Å². The molecule has 1 saturated heterocycles. The normalized spacial score (nSPS) is 24.2. The van der Waals surface area contributed by atoms with Crippen LogP contribution in [-0.4, -0.2) is 34.7 Å². The van der Waals surface area contributed by atoms with Crippen molar-refractivity contribution in [3.63, 3.8) is 0 Å². The summed E-state index contributed by atoms with van der Waals surface area (Å²) >= 11 is 1.18. The molecule has 1 aliphatic rings. The van der Waals surface area contributed by atoms with E-state index in [-0.39, 0.29) is 12.0 Å². The molecule has 1 aliphatic heterocycles. The molecule has 0 unspecified atom stereocenters. The molecular weight excluding hydrogens is 238 g/mol. The van der Waals surface area contributed by atoms with Crippen LogP contribution in [0.4, 0.5) is 0 Å². The zero-order valence-corrected chi connectivity index (χ0v) is 10.9. The van der Waals surface area contributed by atoms with Crippen molar-refractivity contribution in [3.8, 4) is 0 Å². The predicted molar refractivity (Wildman–Crippen MR) is 64.9 cm³/mol. The van der Waals surface area contributed by atoms with Gasteiger partial charge >= 0.3 is 0 Å². The molecule has 0 saturated carbocycles. The van der Waals surface area contributed by atoms with Gasteiger partial charge in [0.05, 0.1) is 6.10 Å². The molecule has 5 nitrogen and oxygen atoms in total. The van der Waals surface area contributed by atoms with Crippen molar-refractivity contribution in [3.05, 3.63) is 11.1 Å². The Morgan fingerprint density at radius 2 is 2.53 bits per heavy atom. The number of hydrogen-bond donors (Lipinski definition) is 1. The van der Waals surface area contributed by atoms with Crippen molar-refractivity contribution in [1.82, 2.24) is 14.9 Å². The summed E-state index contributed by atoms with van der Waals surface area (Å²) in [7, 11) is 0. The van der Waals surface area contributed by atoms with E-state index in [4.69, 9.17) is 4.74 Å². The van der Waals surface area contributed by atoms with Crippen LogP contribution >= 0.6 is 11.5 Å². The van der Waals surface area contributed by atoms with Gasteiger partial charge in [0.15, 0.2) is 5.69 Å². The molecule has 0 bridgehead atoms. The highest BCUT2D eigenvalue weighted by Gasteiger charge is 2.30. The van der Waals surface area contributed by atoms with E-state index in [0.29, 0.717) is 24.1 Å². The highest BCUT2D eigenvalue weighted by atomic mass is 32.1. The molecule has 1 amide bonds. The first-order valence-corrected chi connectivity index (χ1v) is 6.69. The van der Waals surface area contributed by atoms with Crippen molar-refractivity contribution in [2.45, 2.75) is 26.4 Å². The number of carbonyl (C=O) groups is 1. The van der Waals surface area contributed by atoms with Gasteiger partial charge in [0.1, 0.15) is 0 Å². The molecular formula is C11H17N3O2S. The van der Waals surface area contributed by atoms with Gasteiger partial charge in [0, 0.05) is 24.4 Å². The second-order valence-corrected chi connectivity index (χ2v) is 5.24. The van der Waals surface area contributed by atoms with E-state index >= 15 is 0 Å². The number of nitrogens with zero attached hydrogens (tertiary/aromatic N) is 2. The maximum atomic E-state index is 11.7. The minimum Gasteiger partial charge on any atom is -0.378 e. The molecule has 1 fully saturated rings. The number of amides is 1. The third-order valence-electron chi connectivity index (χ3n) is 3.04. The molecule has 2 heterocycles. The van der Waals surface area contributed by atoms with Gasteiger partial charge < -0.3 is 10.1 Å². The molecule has 1 aromatic heterocycles. The smallest absolute Gasteiger partial charge is 0.272 e. The number of nitrogens with one attached hydrogen (secondary N) is 1. The number of carbonyl (C=O) groups excluding carboxylic acids is 1. The Balaban J connectivity index is 1.84. The van der Waals surface area contributed by atoms with Crippen LogP contribution in [0, 0.1) is 11.8 Å². The van der Waals surface area contributed by atoms with Crippen molar-refractivity contribution in [1.29, 1.82) is 0 Å². The Morgan fingerprint density at radius 3 is 3.18 bits per heavy atom. The van der Waals surface area contributed by atoms with Crippen LogP contribution in [-0.2, 0) is 4.74 Å². The topological polar surface area (TPSA) is 64.1 Å². The molecule has 0 radical (unpaired) electrons. The second-order valence-electron chi connectivity index (χ2n) is 4.63. The summed E-state index contributed by atoms with van der Waals surface area (Å²) in [5.41, 5.74) is 0.398. The fourth-order valence-electron chi connectivity index (χ4n) is 2.19. The lowest BCUT2D eigenvalue weighted by atomic mass is 9.93. The van der Waals surface area contributed by atoms with E-state index in [9.17, 15) is 4.79 Å². The van der Waals surface area contributed by atoms with Gasteiger partial charge in [-0.3, -0.25) is 4.79 Å². The van der Waals surface area contributed by atoms with E-state index in [2.05, 4.69) is 28.8 Å². The standard InChI is InChI=1S/C11H17N3O2S/c1-7(2)10-8(3-4-16-10)5-12-11(15)9-6-17-14-13-9/h6-8,10H,3-5H2,1-2H3,(H,12,15)/t8-,10-/m1/s1. The maximum Gasteiger partial charge on any atom is 0.272 e. The lowest BCUT2D eigenvalue weighted by molar-refractivity contribution is 0.0533. The molecule has 0 spiro atoms. The Morgan fingerprint density at radius 1 is 1.71 bits per heavy atom. The van der Waals surface area contributed by atoms with E-state index in [1.807, 2.05) is 0 Å². The molecule has 0 aromatic carbocycles. The first-order valence-electron chi connectivity index (χ1n) is 5.85. The summed E-state index contributed by atoms with van der Waals surface area (Å²) in [5, 5.41) is 8.29. The highest BCUT2D eigenvalue weighted by Crippen LogP contribution is 2.26. The Hall–Kier alpha value is -1.01. The van der Waals surface area contributed by atoms with Gasteiger partial charge in [-0.05, 0) is 23.9 Å². The number of hydrogen-bond acceptors (Lipinski definition) is 5.